The molecule has 0 aliphatic heterocycles. The van der Waals surface area contributed by atoms with Gasteiger partial charge in [-0.05, 0) is 102 Å². The third-order valence-electron chi connectivity index (χ3n) is 7.82. The Morgan fingerprint density at radius 3 is 2.25 bits per heavy atom. The standard InChI is InChI=1S/C30H34N8O4S.ClH/c31-18-19-7-9-22(10-8-19)29(39)34-27(30(40)33-25-13-11-21(12-14-25)28-35-37-38-36-28)16-20-3-1-4-23(15-20)24-5-2-6-26(17-24)43(32,41)42;/h1-6,11-15,17,19,22,27H,7-10,16,18,31H2,(H,33,40)(H,34,39)(H2,32,41,42)(H,35,36,37,38);1H/t19?,22?,27-;/m0./s1. The first kappa shape index (κ1) is 32.7. The summed E-state index contributed by atoms with van der Waals surface area (Å²) in [7, 11) is -3.87. The molecule has 0 unspecified atom stereocenters. The van der Waals surface area contributed by atoms with Gasteiger partial charge in [0.1, 0.15) is 6.04 Å². The number of nitrogens with zero attached hydrogens (tertiary/aromatic N) is 3. The number of aromatic amines is 1. The summed E-state index contributed by atoms with van der Waals surface area (Å²) < 4.78 is 23.8. The molecule has 4 aromatic rings. The summed E-state index contributed by atoms with van der Waals surface area (Å²) in [5.41, 5.74) is 9.34. The van der Waals surface area contributed by atoms with Crippen LogP contribution in [-0.2, 0) is 26.0 Å². The van der Waals surface area contributed by atoms with Crippen molar-refractivity contribution in [1.82, 2.24) is 25.9 Å². The van der Waals surface area contributed by atoms with Crippen molar-refractivity contribution in [2.24, 2.45) is 22.7 Å². The molecule has 0 bridgehead atoms. The van der Waals surface area contributed by atoms with Gasteiger partial charge in [0, 0.05) is 23.6 Å². The predicted octanol–water partition coefficient (Wildman–Crippen LogP) is 3.03. The number of tetrazole rings is 1. The van der Waals surface area contributed by atoms with Crippen LogP contribution in [0.1, 0.15) is 31.2 Å². The van der Waals surface area contributed by atoms with Gasteiger partial charge >= 0.3 is 0 Å². The van der Waals surface area contributed by atoms with Gasteiger partial charge in [-0.25, -0.2) is 18.7 Å². The Labute approximate surface area is 261 Å². The molecule has 44 heavy (non-hydrogen) atoms. The highest BCUT2D eigenvalue weighted by molar-refractivity contribution is 7.89. The number of benzene rings is 3. The minimum atomic E-state index is -3.87. The molecule has 0 radical (unpaired) electrons. The molecule has 232 valence electrons. The Bertz CT molecular complexity index is 1680. The number of hydrogen-bond acceptors (Lipinski definition) is 8. The van der Waals surface area contributed by atoms with Gasteiger partial charge in [-0.2, -0.15) is 0 Å². The molecule has 1 aromatic heterocycles. The summed E-state index contributed by atoms with van der Waals surface area (Å²) in [6.07, 6.45) is 3.46. The van der Waals surface area contributed by atoms with Crippen LogP contribution in [0.4, 0.5) is 5.69 Å². The molecule has 12 nitrogen and oxygen atoms in total. The second-order valence-corrected chi connectivity index (χ2v) is 12.4. The number of aromatic nitrogens is 4. The number of anilines is 1. The molecule has 0 saturated heterocycles. The van der Waals surface area contributed by atoms with E-state index in [1.165, 1.54) is 12.1 Å². The lowest BCUT2D eigenvalue weighted by Gasteiger charge is -2.28. The molecular weight excluding hydrogens is 604 g/mol. The van der Waals surface area contributed by atoms with Crippen LogP contribution in [0.3, 0.4) is 0 Å². The molecule has 3 aromatic carbocycles. The van der Waals surface area contributed by atoms with Crippen LogP contribution in [0.5, 0.6) is 0 Å². The average Bonchev–Trinajstić information content (AvgIpc) is 3.56. The van der Waals surface area contributed by atoms with E-state index in [2.05, 4.69) is 31.3 Å². The van der Waals surface area contributed by atoms with Crippen LogP contribution in [0.15, 0.2) is 77.7 Å². The van der Waals surface area contributed by atoms with Gasteiger partial charge < -0.3 is 16.4 Å². The SMILES string of the molecule is Cl.NCC1CCC(C(=O)N[C@@H](Cc2cccc(-c3cccc(S(N)(=O)=O)c3)c2)C(=O)Nc2ccc(-c3nnn[nH]3)cc2)CC1. The molecule has 7 N–H and O–H groups in total. The first-order valence-corrected chi connectivity index (χ1v) is 15.6. The summed E-state index contributed by atoms with van der Waals surface area (Å²) >= 11 is 0. The number of nitrogens with one attached hydrogen (secondary N) is 3. The van der Waals surface area contributed by atoms with Crippen LogP contribution in [0.2, 0.25) is 0 Å². The number of halogens is 1. The fourth-order valence-corrected chi connectivity index (χ4v) is 5.91. The Hall–Kier alpha value is -4.17. The van der Waals surface area contributed by atoms with E-state index in [4.69, 9.17) is 10.9 Å². The van der Waals surface area contributed by atoms with Crippen molar-refractivity contribution >= 4 is 39.9 Å². The van der Waals surface area contributed by atoms with Gasteiger partial charge in [-0.15, -0.1) is 17.5 Å². The third-order valence-corrected chi connectivity index (χ3v) is 8.73. The van der Waals surface area contributed by atoms with Crippen molar-refractivity contribution in [3.8, 4) is 22.5 Å². The number of sulfonamides is 1. The summed E-state index contributed by atoms with van der Waals surface area (Å²) in [6.45, 7) is 0.613. The van der Waals surface area contributed by atoms with Gasteiger partial charge in [0.25, 0.3) is 0 Å². The van der Waals surface area contributed by atoms with E-state index >= 15 is 0 Å². The van der Waals surface area contributed by atoms with Crippen molar-refractivity contribution in [3.63, 3.8) is 0 Å². The van der Waals surface area contributed by atoms with E-state index < -0.39 is 16.1 Å². The van der Waals surface area contributed by atoms with Gasteiger partial charge in [-0.3, -0.25) is 9.59 Å². The fourth-order valence-electron chi connectivity index (χ4n) is 5.35. The topological polar surface area (TPSA) is 199 Å². The Morgan fingerprint density at radius 1 is 0.932 bits per heavy atom. The highest BCUT2D eigenvalue weighted by Gasteiger charge is 2.29. The van der Waals surface area contributed by atoms with Crippen LogP contribution in [0.25, 0.3) is 22.5 Å². The van der Waals surface area contributed by atoms with Crippen molar-refractivity contribution in [2.45, 2.75) is 43.0 Å². The molecule has 1 aliphatic rings. The maximum atomic E-state index is 13.6. The van der Waals surface area contributed by atoms with Crippen molar-refractivity contribution in [1.29, 1.82) is 0 Å². The van der Waals surface area contributed by atoms with E-state index in [0.717, 1.165) is 42.4 Å². The quantitative estimate of drug-likeness (QED) is 0.174. The van der Waals surface area contributed by atoms with Crippen LogP contribution in [0, 0.1) is 11.8 Å². The highest BCUT2D eigenvalue weighted by Crippen LogP contribution is 2.29. The number of primary sulfonamides is 1. The molecule has 1 saturated carbocycles. The zero-order valence-electron chi connectivity index (χ0n) is 23.8. The molecule has 0 spiro atoms. The predicted molar refractivity (Wildman–Crippen MR) is 169 cm³/mol. The normalized spacial score (nSPS) is 17.2. The number of nitrogens with two attached hydrogens (primary N) is 2. The van der Waals surface area contributed by atoms with E-state index in [-0.39, 0.29) is 41.5 Å². The Morgan fingerprint density at radius 2 is 1.61 bits per heavy atom. The average molecular weight is 639 g/mol. The lowest BCUT2D eigenvalue weighted by molar-refractivity contribution is -0.130. The Kier molecular flexibility index (Phi) is 10.8. The number of amides is 2. The second kappa shape index (κ2) is 14.5. The zero-order chi connectivity index (χ0) is 30.4. The maximum absolute atomic E-state index is 13.6. The first-order chi connectivity index (χ1) is 20.7. The largest absolute Gasteiger partial charge is 0.344 e. The number of carbonyl (C=O) groups is 2. The van der Waals surface area contributed by atoms with E-state index in [1.807, 2.05) is 24.3 Å². The van der Waals surface area contributed by atoms with Gasteiger partial charge in [0.2, 0.25) is 21.8 Å². The number of hydrogen-bond donors (Lipinski definition) is 5. The molecule has 5 rings (SSSR count). The van der Waals surface area contributed by atoms with E-state index in [0.29, 0.717) is 29.5 Å². The molecule has 1 aliphatic carbocycles. The molecule has 1 atom stereocenters. The van der Waals surface area contributed by atoms with Crippen molar-refractivity contribution in [2.75, 3.05) is 11.9 Å². The highest BCUT2D eigenvalue weighted by atomic mass is 35.5. The van der Waals surface area contributed by atoms with Crippen molar-refractivity contribution in [3.05, 3.63) is 78.4 Å². The summed E-state index contributed by atoms with van der Waals surface area (Å²) in [4.78, 5) is 26.9. The lowest BCUT2D eigenvalue weighted by atomic mass is 9.81. The number of H-pyrrole nitrogens is 1. The fraction of sp³-hybridized carbons (Fsp3) is 0.300. The minimum absolute atomic E-state index is 0. The number of carbonyl (C=O) groups excluding carboxylic acids is 2. The minimum Gasteiger partial charge on any atom is -0.344 e. The summed E-state index contributed by atoms with van der Waals surface area (Å²) in [5, 5.41) is 25.0. The van der Waals surface area contributed by atoms with Crippen LogP contribution >= 0.6 is 12.4 Å². The van der Waals surface area contributed by atoms with E-state index in [1.54, 1.807) is 36.4 Å². The van der Waals surface area contributed by atoms with Crippen LogP contribution in [-0.4, -0.2) is 53.4 Å². The van der Waals surface area contributed by atoms with E-state index in [9.17, 15) is 18.0 Å². The molecule has 1 heterocycles. The van der Waals surface area contributed by atoms with Gasteiger partial charge in [0.15, 0.2) is 5.82 Å². The smallest absolute Gasteiger partial charge is 0.247 e. The summed E-state index contributed by atoms with van der Waals surface area (Å²) in [6, 6.07) is 20.0. The Balaban J connectivity index is 0.00000442. The monoisotopic (exact) mass is 638 g/mol. The maximum Gasteiger partial charge on any atom is 0.247 e. The lowest BCUT2D eigenvalue weighted by Crippen LogP contribution is -2.48. The summed E-state index contributed by atoms with van der Waals surface area (Å²) in [5.74, 6) is 0.233. The number of rotatable bonds is 10. The van der Waals surface area contributed by atoms with Gasteiger partial charge in [-0.1, -0.05) is 36.4 Å². The second-order valence-electron chi connectivity index (χ2n) is 10.8. The molecule has 2 amide bonds. The third kappa shape index (κ3) is 8.26. The van der Waals surface area contributed by atoms with Crippen molar-refractivity contribution < 1.29 is 18.0 Å². The molecular formula is C30H35ClN8O4S. The van der Waals surface area contributed by atoms with Crippen LogP contribution < -0.4 is 21.5 Å². The molecule has 14 heteroatoms. The van der Waals surface area contributed by atoms with Gasteiger partial charge in [0.05, 0.1) is 4.90 Å². The first-order valence-electron chi connectivity index (χ1n) is 14.1. The zero-order valence-corrected chi connectivity index (χ0v) is 25.5. The molecule has 1 fully saturated rings.